The molecule has 1 aliphatic rings. The topological polar surface area (TPSA) is 56.3 Å². The summed E-state index contributed by atoms with van der Waals surface area (Å²) in [6.45, 7) is 0.806. The Bertz CT molecular complexity index is 1050. The molecule has 5 nitrogen and oxygen atoms in total. The summed E-state index contributed by atoms with van der Waals surface area (Å²) in [5.41, 5.74) is 1.86. The number of pyridine rings is 2. The first-order valence-corrected chi connectivity index (χ1v) is 11.0. The fourth-order valence-corrected chi connectivity index (χ4v) is 3.65. The molecule has 3 aromatic rings. The zero-order valence-electron chi connectivity index (χ0n) is 16.5. The molecule has 30 heavy (non-hydrogen) atoms. The number of fused-ring (bicyclic) bond motifs is 7. The van der Waals surface area contributed by atoms with Crippen molar-refractivity contribution in [3.8, 4) is 22.8 Å². The van der Waals surface area contributed by atoms with Crippen molar-refractivity contribution in [1.82, 2.24) is 9.97 Å². The van der Waals surface area contributed by atoms with Crippen LogP contribution in [0.15, 0.2) is 42.6 Å². The molecule has 0 amide bonds. The lowest BCUT2D eigenvalue weighted by Crippen LogP contribution is -2.06. The molecule has 1 aromatic carbocycles. The number of halogens is 2. The highest BCUT2D eigenvalue weighted by molar-refractivity contribution is 7.97. The smallest absolute Gasteiger partial charge is 0.215 e. The van der Waals surface area contributed by atoms with Gasteiger partial charge in [0.1, 0.15) is 17.5 Å². The molecule has 1 N–H and O–H groups in total. The zero-order chi connectivity index (χ0) is 20.9. The third-order valence-electron chi connectivity index (χ3n) is 4.57. The van der Waals surface area contributed by atoms with E-state index < -0.39 is 11.6 Å². The van der Waals surface area contributed by atoms with Crippen LogP contribution in [-0.2, 0) is 5.75 Å². The van der Waals surface area contributed by atoms with E-state index in [1.807, 2.05) is 18.4 Å². The lowest BCUT2D eigenvalue weighted by molar-refractivity contribution is 0.255. The van der Waals surface area contributed by atoms with Crippen molar-refractivity contribution in [2.45, 2.75) is 18.6 Å². The monoisotopic (exact) mass is 429 g/mol. The third-order valence-corrected chi connectivity index (χ3v) is 5.19. The van der Waals surface area contributed by atoms with Gasteiger partial charge in [-0.05, 0) is 54.5 Å². The highest BCUT2D eigenvalue weighted by atomic mass is 32.2. The molecule has 8 heteroatoms. The van der Waals surface area contributed by atoms with Gasteiger partial charge in [0.25, 0.3) is 0 Å². The van der Waals surface area contributed by atoms with Crippen molar-refractivity contribution in [2.24, 2.45) is 0 Å². The molecule has 0 saturated heterocycles. The van der Waals surface area contributed by atoms with Crippen LogP contribution in [-0.4, -0.2) is 29.4 Å². The van der Waals surface area contributed by atoms with E-state index in [0.717, 1.165) is 23.9 Å². The average Bonchev–Trinajstić information content (AvgIpc) is 2.73. The van der Waals surface area contributed by atoms with Crippen LogP contribution >= 0.6 is 11.8 Å². The van der Waals surface area contributed by atoms with E-state index >= 15 is 0 Å². The fourth-order valence-electron chi connectivity index (χ4n) is 3.15. The van der Waals surface area contributed by atoms with E-state index in [9.17, 15) is 8.78 Å². The molecule has 156 valence electrons. The summed E-state index contributed by atoms with van der Waals surface area (Å²) in [7, 11) is 0. The van der Waals surface area contributed by atoms with Gasteiger partial charge < -0.3 is 14.8 Å². The Hall–Kier alpha value is -2.87. The van der Waals surface area contributed by atoms with Crippen LogP contribution in [0.3, 0.4) is 0 Å². The van der Waals surface area contributed by atoms with Crippen molar-refractivity contribution < 1.29 is 18.3 Å². The van der Waals surface area contributed by atoms with E-state index in [4.69, 9.17) is 9.47 Å². The number of thioether (sulfide) groups is 1. The number of nitrogens with zero attached hydrogens (tertiary/aromatic N) is 2. The Balaban J connectivity index is 1.76. The molecule has 0 radical (unpaired) electrons. The molecule has 1 aliphatic heterocycles. The van der Waals surface area contributed by atoms with Crippen molar-refractivity contribution in [3.05, 3.63) is 59.8 Å². The minimum atomic E-state index is -0.507. The van der Waals surface area contributed by atoms with Gasteiger partial charge in [-0.2, -0.15) is 16.7 Å². The first kappa shape index (κ1) is 20.4. The second-order valence-electron chi connectivity index (χ2n) is 6.86. The molecule has 4 rings (SSSR count). The average molecular weight is 429 g/mol. The fraction of sp³-hybridized carbons (Fsp3) is 0.273. The van der Waals surface area contributed by atoms with Crippen LogP contribution in [0.25, 0.3) is 11.1 Å². The lowest BCUT2D eigenvalue weighted by atomic mass is 10.1. The SMILES string of the molecule is CSCc1cc2nc(c1)OCCCCOc1cc(ccc1F)-c1cc(ncc1F)N2. The highest BCUT2D eigenvalue weighted by Crippen LogP contribution is 2.31. The largest absolute Gasteiger partial charge is 0.490 e. The van der Waals surface area contributed by atoms with E-state index in [-0.39, 0.29) is 5.75 Å². The van der Waals surface area contributed by atoms with Gasteiger partial charge in [0, 0.05) is 17.4 Å². The van der Waals surface area contributed by atoms with Gasteiger partial charge in [-0.1, -0.05) is 6.07 Å². The number of rotatable bonds is 2. The van der Waals surface area contributed by atoms with Crippen LogP contribution in [0.1, 0.15) is 18.4 Å². The normalized spacial score (nSPS) is 13.7. The maximum atomic E-state index is 14.5. The molecule has 0 unspecified atom stereocenters. The van der Waals surface area contributed by atoms with Gasteiger partial charge in [0.15, 0.2) is 11.6 Å². The van der Waals surface area contributed by atoms with Crippen LogP contribution in [0.4, 0.5) is 20.4 Å². The van der Waals surface area contributed by atoms with Crippen molar-refractivity contribution in [2.75, 3.05) is 24.8 Å². The van der Waals surface area contributed by atoms with Crippen LogP contribution in [0.2, 0.25) is 0 Å². The Morgan fingerprint density at radius 1 is 1.00 bits per heavy atom. The van der Waals surface area contributed by atoms with Crippen molar-refractivity contribution >= 4 is 23.4 Å². The molecule has 6 bridgehead atoms. The molecule has 0 aliphatic carbocycles. The third kappa shape index (κ3) is 4.81. The molecule has 2 aromatic heterocycles. The molecule has 0 fully saturated rings. The van der Waals surface area contributed by atoms with Gasteiger partial charge in [0.05, 0.1) is 19.4 Å². The Kier molecular flexibility index (Phi) is 6.32. The second-order valence-corrected chi connectivity index (χ2v) is 7.72. The standard InChI is InChI=1S/C22H21F2N3O2S/c1-30-13-14-8-21-26-20-11-16(18(24)12-25-20)15-4-5-17(23)19(10-15)28-6-2-3-7-29-22(9-14)27-21/h4-5,8-12H,2-3,6-7,13H2,1H3,(H,25,26,27). The molecule has 0 saturated carbocycles. The van der Waals surface area contributed by atoms with E-state index in [1.165, 1.54) is 18.2 Å². The number of aromatic nitrogens is 2. The number of benzene rings is 1. The summed E-state index contributed by atoms with van der Waals surface area (Å²) in [6, 6.07) is 9.71. The predicted molar refractivity (Wildman–Crippen MR) is 115 cm³/mol. The number of ether oxygens (including phenoxy) is 2. The summed E-state index contributed by atoms with van der Waals surface area (Å²) in [5.74, 6) is 1.41. The summed E-state index contributed by atoms with van der Waals surface area (Å²) in [4.78, 5) is 8.62. The first-order chi connectivity index (χ1) is 14.6. The summed E-state index contributed by atoms with van der Waals surface area (Å²) < 4.78 is 40.0. The molecule has 0 atom stereocenters. The summed E-state index contributed by atoms with van der Waals surface area (Å²) >= 11 is 1.70. The number of hydrogen-bond donors (Lipinski definition) is 1. The predicted octanol–water partition coefficient (Wildman–Crippen LogP) is 5.58. The van der Waals surface area contributed by atoms with Gasteiger partial charge >= 0.3 is 0 Å². The molecular formula is C22H21F2N3O2S. The number of nitrogens with one attached hydrogen (secondary N) is 1. The van der Waals surface area contributed by atoms with Crippen molar-refractivity contribution in [1.29, 1.82) is 0 Å². The molecule has 0 spiro atoms. The number of anilines is 2. The molecular weight excluding hydrogens is 408 g/mol. The van der Waals surface area contributed by atoms with Gasteiger partial charge in [0.2, 0.25) is 5.88 Å². The Labute approximate surface area is 177 Å². The van der Waals surface area contributed by atoms with Gasteiger partial charge in [-0.25, -0.2) is 13.8 Å². The van der Waals surface area contributed by atoms with Crippen LogP contribution in [0.5, 0.6) is 11.6 Å². The van der Waals surface area contributed by atoms with Crippen LogP contribution < -0.4 is 14.8 Å². The maximum Gasteiger partial charge on any atom is 0.215 e. The summed E-state index contributed by atoms with van der Waals surface area (Å²) in [6.07, 6.45) is 4.58. The zero-order valence-corrected chi connectivity index (χ0v) is 17.3. The van der Waals surface area contributed by atoms with E-state index in [1.54, 1.807) is 17.8 Å². The van der Waals surface area contributed by atoms with Gasteiger partial charge in [-0.3, -0.25) is 0 Å². The molecule has 3 heterocycles. The maximum absolute atomic E-state index is 14.5. The summed E-state index contributed by atoms with van der Waals surface area (Å²) in [5, 5.41) is 3.13. The Morgan fingerprint density at radius 2 is 1.83 bits per heavy atom. The lowest BCUT2D eigenvalue weighted by Gasteiger charge is -2.14. The van der Waals surface area contributed by atoms with E-state index in [0.29, 0.717) is 48.3 Å². The Morgan fingerprint density at radius 3 is 2.67 bits per heavy atom. The minimum absolute atomic E-state index is 0.0971. The van der Waals surface area contributed by atoms with Gasteiger partial charge in [-0.15, -0.1) is 0 Å². The number of hydrogen-bond acceptors (Lipinski definition) is 6. The highest BCUT2D eigenvalue weighted by Gasteiger charge is 2.13. The van der Waals surface area contributed by atoms with Crippen molar-refractivity contribution in [3.63, 3.8) is 0 Å². The van der Waals surface area contributed by atoms with Crippen LogP contribution in [0, 0.1) is 11.6 Å². The minimum Gasteiger partial charge on any atom is -0.490 e. The first-order valence-electron chi connectivity index (χ1n) is 9.60. The van der Waals surface area contributed by atoms with E-state index in [2.05, 4.69) is 15.3 Å². The second kappa shape index (κ2) is 9.30. The quantitative estimate of drug-likeness (QED) is 0.574.